The lowest BCUT2D eigenvalue weighted by molar-refractivity contribution is -0.117. The number of hydrogen-bond donors (Lipinski definition) is 1. The van der Waals surface area contributed by atoms with E-state index in [-0.39, 0.29) is 11.8 Å². The molecule has 1 heterocycles. The lowest BCUT2D eigenvalue weighted by Gasteiger charge is -2.06. The van der Waals surface area contributed by atoms with Crippen molar-refractivity contribution in [3.8, 4) is 0 Å². The molecule has 0 saturated carbocycles. The van der Waals surface area contributed by atoms with Gasteiger partial charge in [-0.25, -0.2) is 0 Å². The first-order valence-electron chi connectivity index (χ1n) is 5.14. The minimum atomic E-state index is 0.0786. The van der Waals surface area contributed by atoms with Gasteiger partial charge in [-0.3, -0.25) is 4.79 Å². The van der Waals surface area contributed by atoms with Crippen LogP contribution in [0.5, 0.6) is 0 Å². The van der Waals surface area contributed by atoms with Crippen LogP contribution in [0.4, 0.5) is 5.69 Å². The molecule has 1 amide bonds. The first kappa shape index (κ1) is 9.25. The Balaban J connectivity index is 2.42. The van der Waals surface area contributed by atoms with Crippen LogP contribution < -0.4 is 5.32 Å². The monoisotopic (exact) mass is 189 g/mol. The third-order valence-corrected chi connectivity index (χ3v) is 2.82. The molecule has 74 valence electrons. The molecule has 1 unspecified atom stereocenters. The molecule has 0 spiro atoms. The molecule has 14 heavy (non-hydrogen) atoms. The van der Waals surface area contributed by atoms with Gasteiger partial charge in [0.15, 0.2) is 0 Å². The summed E-state index contributed by atoms with van der Waals surface area (Å²) in [4.78, 5) is 11.7. The van der Waals surface area contributed by atoms with E-state index in [1.54, 1.807) is 0 Å². The van der Waals surface area contributed by atoms with Gasteiger partial charge in [-0.05, 0) is 24.5 Å². The van der Waals surface area contributed by atoms with E-state index in [0.717, 1.165) is 24.1 Å². The summed E-state index contributed by atoms with van der Waals surface area (Å²) in [5.41, 5.74) is 3.38. The van der Waals surface area contributed by atoms with E-state index in [2.05, 4.69) is 18.3 Å². The van der Waals surface area contributed by atoms with E-state index < -0.39 is 0 Å². The van der Waals surface area contributed by atoms with Crippen LogP contribution in [0, 0.1) is 6.92 Å². The lowest BCUT2D eigenvalue weighted by atomic mass is 9.95. The van der Waals surface area contributed by atoms with Gasteiger partial charge in [0.1, 0.15) is 0 Å². The number of amides is 1. The standard InChI is InChI=1S/C12H15NO/c1-3-5-10-9-7-4-6-8(2)11(9)13-12(10)14/h4,6-7,10H,3,5H2,1-2H3,(H,13,14). The van der Waals surface area contributed by atoms with Crippen LogP contribution in [0.1, 0.15) is 36.8 Å². The van der Waals surface area contributed by atoms with Gasteiger partial charge in [-0.2, -0.15) is 0 Å². The average Bonchev–Trinajstić information content (AvgIpc) is 2.47. The predicted molar refractivity (Wildman–Crippen MR) is 57.5 cm³/mol. The van der Waals surface area contributed by atoms with Crippen LogP contribution in [0.2, 0.25) is 0 Å². The molecule has 2 rings (SSSR count). The summed E-state index contributed by atoms with van der Waals surface area (Å²) < 4.78 is 0. The van der Waals surface area contributed by atoms with Gasteiger partial charge in [-0.1, -0.05) is 31.5 Å². The summed E-state index contributed by atoms with van der Waals surface area (Å²) >= 11 is 0. The Labute approximate surface area is 84.3 Å². The zero-order chi connectivity index (χ0) is 10.1. The number of carbonyl (C=O) groups excluding carboxylic acids is 1. The minimum absolute atomic E-state index is 0.0786. The Morgan fingerprint density at radius 2 is 2.21 bits per heavy atom. The Morgan fingerprint density at radius 3 is 2.93 bits per heavy atom. The maximum atomic E-state index is 11.7. The van der Waals surface area contributed by atoms with E-state index in [4.69, 9.17) is 0 Å². The van der Waals surface area contributed by atoms with Gasteiger partial charge in [0.2, 0.25) is 5.91 Å². The van der Waals surface area contributed by atoms with Crippen molar-refractivity contribution < 1.29 is 4.79 Å². The Kier molecular flexibility index (Phi) is 2.28. The van der Waals surface area contributed by atoms with E-state index in [1.807, 2.05) is 19.1 Å². The first-order valence-corrected chi connectivity index (χ1v) is 5.14. The highest BCUT2D eigenvalue weighted by Crippen LogP contribution is 2.37. The molecule has 1 N–H and O–H groups in total. The number of anilines is 1. The molecular weight excluding hydrogens is 174 g/mol. The number of aryl methyl sites for hydroxylation is 1. The Bertz CT molecular complexity index is 371. The smallest absolute Gasteiger partial charge is 0.232 e. The molecule has 0 aromatic heterocycles. The first-order chi connectivity index (χ1) is 6.74. The fourth-order valence-corrected chi connectivity index (χ4v) is 2.08. The highest BCUT2D eigenvalue weighted by molar-refractivity contribution is 6.03. The number of nitrogens with one attached hydrogen (secondary N) is 1. The highest BCUT2D eigenvalue weighted by atomic mass is 16.2. The molecule has 2 nitrogen and oxygen atoms in total. The normalized spacial score (nSPS) is 19.3. The topological polar surface area (TPSA) is 29.1 Å². The molecule has 1 atom stereocenters. The molecule has 0 bridgehead atoms. The van der Waals surface area contributed by atoms with Crippen molar-refractivity contribution in [3.05, 3.63) is 29.3 Å². The fraction of sp³-hybridized carbons (Fsp3) is 0.417. The summed E-state index contributed by atoms with van der Waals surface area (Å²) in [6, 6.07) is 6.12. The number of para-hydroxylation sites is 1. The molecule has 1 aromatic carbocycles. The van der Waals surface area contributed by atoms with Gasteiger partial charge in [0, 0.05) is 5.69 Å². The van der Waals surface area contributed by atoms with Crippen LogP contribution in [-0.4, -0.2) is 5.91 Å². The molecule has 2 heteroatoms. The summed E-state index contributed by atoms with van der Waals surface area (Å²) in [5.74, 6) is 0.242. The number of carbonyl (C=O) groups is 1. The van der Waals surface area contributed by atoms with Crippen molar-refractivity contribution in [2.45, 2.75) is 32.6 Å². The predicted octanol–water partition coefficient (Wildman–Crippen LogP) is 2.83. The molecule has 1 aromatic rings. The zero-order valence-electron chi connectivity index (χ0n) is 8.63. The molecule has 0 aliphatic carbocycles. The van der Waals surface area contributed by atoms with Crippen molar-refractivity contribution in [3.63, 3.8) is 0 Å². The third kappa shape index (κ3) is 1.31. The van der Waals surface area contributed by atoms with Gasteiger partial charge >= 0.3 is 0 Å². The van der Waals surface area contributed by atoms with Crippen molar-refractivity contribution in [1.29, 1.82) is 0 Å². The second-order valence-corrected chi connectivity index (χ2v) is 3.87. The number of benzene rings is 1. The number of hydrogen-bond acceptors (Lipinski definition) is 1. The highest BCUT2D eigenvalue weighted by Gasteiger charge is 2.29. The number of fused-ring (bicyclic) bond motifs is 1. The summed E-state index contributed by atoms with van der Waals surface area (Å²) in [6.45, 7) is 4.15. The van der Waals surface area contributed by atoms with Crippen molar-refractivity contribution in [1.82, 2.24) is 0 Å². The van der Waals surface area contributed by atoms with E-state index in [9.17, 15) is 4.79 Å². The van der Waals surface area contributed by atoms with Crippen LogP contribution >= 0.6 is 0 Å². The van der Waals surface area contributed by atoms with Crippen molar-refractivity contribution >= 4 is 11.6 Å². The van der Waals surface area contributed by atoms with Crippen molar-refractivity contribution in [2.75, 3.05) is 5.32 Å². The quantitative estimate of drug-likeness (QED) is 0.761. The second kappa shape index (κ2) is 3.45. The largest absolute Gasteiger partial charge is 0.325 e. The van der Waals surface area contributed by atoms with Crippen LogP contribution in [0.3, 0.4) is 0 Å². The summed E-state index contributed by atoms with van der Waals surface area (Å²) in [7, 11) is 0. The van der Waals surface area contributed by atoms with E-state index in [0.29, 0.717) is 0 Å². The summed E-state index contributed by atoms with van der Waals surface area (Å²) in [6.07, 6.45) is 1.99. The number of rotatable bonds is 2. The molecule has 1 aliphatic rings. The van der Waals surface area contributed by atoms with Crippen molar-refractivity contribution in [2.24, 2.45) is 0 Å². The van der Waals surface area contributed by atoms with Crippen LogP contribution in [0.15, 0.2) is 18.2 Å². The van der Waals surface area contributed by atoms with Gasteiger partial charge in [0.05, 0.1) is 5.92 Å². The maximum absolute atomic E-state index is 11.7. The molecule has 1 aliphatic heterocycles. The zero-order valence-corrected chi connectivity index (χ0v) is 8.63. The molecule has 0 fully saturated rings. The van der Waals surface area contributed by atoms with E-state index in [1.165, 1.54) is 5.56 Å². The molecular formula is C12H15NO. The SMILES string of the molecule is CCCC1C(=O)Nc2c(C)cccc21. The van der Waals surface area contributed by atoms with Gasteiger partial charge in [-0.15, -0.1) is 0 Å². The fourth-order valence-electron chi connectivity index (χ4n) is 2.08. The molecule has 0 saturated heterocycles. The summed E-state index contributed by atoms with van der Waals surface area (Å²) in [5, 5.41) is 2.96. The van der Waals surface area contributed by atoms with Gasteiger partial charge in [0.25, 0.3) is 0 Å². The Hall–Kier alpha value is -1.31. The maximum Gasteiger partial charge on any atom is 0.232 e. The lowest BCUT2D eigenvalue weighted by Crippen LogP contribution is -2.11. The van der Waals surface area contributed by atoms with Gasteiger partial charge < -0.3 is 5.32 Å². The average molecular weight is 189 g/mol. The molecule has 0 radical (unpaired) electrons. The third-order valence-electron chi connectivity index (χ3n) is 2.82. The minimum Gasteiger partial charge on any atom is -0.325 e. The van der Waals surface area contributed by atoms with E-state index >= 15 is 0 Å². The Morgan fingerprint density at radius 1 is 1.43 bits per heavy atom. The van der Waals surface area contributed by atoms with Crippen LogP contribution in [-0.2, 0) is 4.79 Å². The van der Waals surface area contributed by atoms with Crippen LogP contribution in [0.25, 0.3) is 0 Å². The second-order valence-electron chi connectivity index (χ2n) is 3.87.